The van der Waals surface area contributed by atoms with Crippen LogP contribution in [0.2, 0.25) is 5.02 Å². The maximum absolute atomic E-state index is 13.8. The summed E-state index contributed by atoms with van der Waals surface area (Å²) in [4.78, 5) is 18.4. The zero-order chi connectivity index (χ0) is 16.4. The van der Waals surface area contributed by atoms with Crippen molar-refractivity contribution in [3.63, 3.8) is 0 Å². The number of nitrogens with zero attached hydrogens (tertiary/aromatic N) is 2. The van der Waals surface area contributed by atoms with Crippen LogP contribution in [0.25, 0.3) is 10.2 Å². The van der Waals surface area contributed by atoms with Crippen LogP contribution in [-0.4, -0.2) is 22.8 Å². The van der Waals surface area contributed by atoms with Crippen LogP contribution in [0.15, 0.2) is 42.5 Å². The van der Waals surface area contributed by atoms with Crippen molar-refractivity contribution in [3.8, 4) is 0 Å². The van der Waals surface area contributed by atoms with Gasteiger partial charge in [-0.1, -0.05) is 29.8 Å². The summed E-state index contributed by atoms with van der Waals surface area (Å²) in [6, 6.07) is 12.2. The fourth-order valence-corrected chi connectivity index (χ4v) is 3.52. The molecule has 23 heavy (non-hydrogen) atoms. The molecule has 0 saturated carbocycles. The van der Waals surface area contributed by atoms with Crippen molar-refractivity contribution in [2.75, 3.05) is 7.05 Å². The highest BCUT2D eigenvalue weighted by Crippen LogP contribution is 2.23. The van der Waals surface area contributed by atoms with E-state index in [2.05, 4.69) is 4.98 Å². The lowest BCUT2D eigenvalue weighted by molar-refractivity contribution is -0.129. The Balaban J connectivity index is 1.72. The number of carbonyl (C=O) groups excluding carboxylic acids is 1. The highest BCUT2D eigenvalue weighted by atomic mass is 35.5. The normalized spacial score (nSPS) is 10.9. The molecule has 3 nitrogen and oxygen atoms in total. The van der Waals surface area contributed by atoms with Crippen LogP contribution >= 0.6 is 22.9 Å². The Morgan fingerprint density at radius 3 is 2.78 bits per heavy atom. The number of para-hydroxylation sites is 1. The molecule has 1 aromatic heterocycles. The van der Waals surface area contributed by atoms with Crippen LogP contribution in [0.5, 0.6) is 0 Å². The minimum absolute atomic E-state index is 0.0626. The number of thiazole rings is 1. The Hall–Kier alpha value is -1.98. The summed E-state index contributed by atoms with van der Waals surface area (Å²) >= 11 is 7.52. The maximum Gasteiger partial charge on any atom is 0.227 e. The van der Waals surface area contributed by atoms with Crippen molar-refractivity contribution in [1.82, 2.24) is 9.88 Å². The lowest BCUT2D eigenvalue weighted by Gasteiger charge is -2.16. The van der Waals surface area contributed by atoms with Crippen molar-refractivity contribution in [2.24, 2.45) is 0 Å². The molecule has 0 fully saturated rings. The zero-order valence-electron chi connectivity index (χ0n) is 12.4. The van der Waals surface area contributed by atoms with Crippen LogP contribution in [0, 0.1) is 5.82 Å². The fourth-order valence-electron chi connectivity index (χ4n) is 2.27. The topological polar surface area (TPSA) is 33.2 Å². The molecular weight excluding hydrogens is 335 g/mol. The Morgan fingerprint density at radius 2 is 2.04 bits per heavy atom. The zero-order valence-corrected chi connectivity index (χ0v) is 14.0. The third kappa shape index (κ3) is 3.51. The molecule has 1 amide bonds. The van der Waals surface area contributed by atoms with Gasteiger partial charge in [0, 0.05) is 17.6 Å². The number of fused-ring (bicyclic) bond motifs is 1. The summed E-state index contributed by atoms with van der Waals surface area (Å²) in [5, 5.41) is 1.12. The highest BCUT2D eigenvalue weighted by molar-refractivity contribution is 7.18. The predicted molar refractivity (Wildman–Crippen MR) is 91.2 cm³/mol. The summed E-state index contributed by atoms with van der Waals surface area (Å²) in [5.41, 5.74) is 1.15. The van der Waals surface area contributed by atoms with Gasteiger partial charge >= 0.3 is 0 Å². The highest BCUT2D eigenvalue weighted by Gasteiger charge is 2.16. The fraction of sp³-hybridized carbons (Fsp3) is 0.176. The summed E-state index contributed by atoms with van der Waals surface area (Å²) < 4.78 is 14.9. The van der Waals surface area contributed by atoms with E-state index in [0.29, 0.717) is 6.54 Å². The van der Waals surface area contributed by atoms with Crippen LogP contribution in [0.3, 0.4) is 0 Å². The van der Waals surface area contributed by atoms with Crippen molar-refractivity contribution >= 4 is 39.1 Å². The molecule has 0 N–H and O–H groups in total. The molecule has 0 spiro atoms. The third-order valence-electron chi connectivity index (χ3n) is 3.53. The Bertz CT molecular complexity index is 811. The van der Waals surface area contributed by atoms with E-state index in [9.17, 15) is 9.18 Å². The van der Waals surface area contributed by atoms with E-state index in [4.69, 9.17) is 11.6 Å². The molecule has 0 unspecified atom stereocenters. The van der Waals surface area contributed by atoms with Crippen LogP contribution in [-0.2, 0) is 17.8 Å². The first-order chi connectivity index (χ1) is 11.0. The maximum atomic E-state index is 13.8. The first-order valence-corrected chi connectivity index (χ1v) is 8.25. The lowest BCUT2D eigenvalue weighted by atomic mass is 10.1. The van der Waals surface area contributed by atoms with E-state index >= 15 is 0 Å². The van der Waals surface area contributed by atoms with E-state index in [1.54, 1.807) is 29.4 Å². The Morgan fingerprint density at radius 1 is 1.26 bits per heavy atom. The summed E-state index contributed by atoms with van der Waals surface area (Å²) in [7, 11) is 1.68. The molecule has 0 saturated heterocycles. The molecule has 3 rings (SSSR count). The summed E-state index contributed by atoms with van der Waals surface area (Å²) in [6.45, 7) is 0.393. The molecule has 0 aliphatic rings. The van der Waals surface area contributed by atoms with Crippen LogP contribution in [0.4, 0.5) is 4.39 Å². The number of hydrogen-bond acceptors (Lipinski definition) is 3. The second-order valence-corrected chi connectivity index (χ2v) is 6.72. The number of likely N-dealkylation sites (N-methyl/N-ethyl adjacent to an activating group) is 1. The van der Waals surface area contributed by atoms with Crippen LogP contribution < -0.4 is 0 Å². The minimum atomic E-state index is -0.459. The number of hydrogen-bond donors (Lipinski definition) is 0. The van der Waals surface area contributed by atoms with Gasteiger partial charge in [0.25, 0.3) is 0 Å². The summed E-state index contributed by atoms with van der Waals surface area (Å²) in [5.74, 6) is -0.657. The molecule has 118 valence electrons. The second kappa shape index (κ2) is 6.64. The molecule has 0 atom stereocenters. The van der Waals surface area contributed by atoms with Gasteiger partial charge in [0.2, 0.25) is 5.91 Å². The monoisotopic (exact) mass is 348 g/mol. The largest absolute Gasteiger partial charge is 0.339 e. The smallest absolute Gasteiger partial charge is 0.227 e. The molecule has 1 heterocycles. The van der Waals surface area contributed by atoms with Gasteiger partial charge in [-0.2, -0.15) is 0 Å². The number of halogens is 2. The van der Waals surface area contributed by atoms with E-state index in [1.165, 1.54) is 12.1 Å². The third-order valence-corrected chi connectivity index (χ3v) is 4.90. The second-order valence-electron chi connectivity index (χ2n) is 5.20. The molecular formula is C17H14ClFN2OS. The van der Waals surface area contributed by atoms with Gasteiger partial charge < -0.3 is 4.90 Å². The number of rotatable bonds is 4. The van der Waals surface area contributed by atoms with Crippen molar-refractivity contribution in [2.45, 2.75) is 13.0 Å². The van der Waals surface area contributed by atoms with Gasteiger partial charge in [-0.15, -0.1) is 11.3 Å². The van der Waals surface area contributed by atoms with E-state index in [-0.39, 0.29) is 22.9 Å². The standard InChI is InChI=1S/C17H14ClFN2OS/c1-21(10-16-20-14-7-2-3-8-15(14)23-16)17(22)9-11-12(18)5-4-6-13(11)19/h2-8H,9-10H2,1H3. The SMILES string of the molecule is CN(Cc1nc2ccccc2s1)C(=O)Cc1c(F)cccc1Cl. The molecule has 3 aromatic rings. The van der Waals surface area contributed by atoms with Crippen LogP contribution in [0.1, 0.15) is 10.6 Å². The van der Waals surface area contributed by atoms with Gasteiger partial charge in [-0.3, -0.25) is 4.79 Å². The molecule has 0 aliphatic carbocycles. The number of aromatic nitrogens is 1. The van der Waals surface area contributed by atoms with Gasteiger partial charge in [-0.25, -0.2) is 9.37 Å². The molecule has 0 bridgehead atoms. The number of amides is 1. The number of carbonyl (C=O) groups is 1. The van der Waals surface area contributed by atoms with Gasteiger partial charge in [0.1, 0.15) is 10.8 Å². The van der Waals surface area contributed by atoms with E-state index < -0.39 is 5.82 Å². The molecule has 0 aliphatic heterocycles. The summed E-state index contributed by atoms with van der Waals surface area (Å²) in [6.07, 6.45) is -0.0626. The average Bonchev–Trinajstić information content (AvgIpc) is 2.93. The average molecular weight is 349 g/mol. The number of benzene rings is 2. The lowest BCUT2D eigenvalue weighted by Crippen LogP contribution is -2.28. The van der Waals surface area contributed by atoms with Crippen molar-refractivity contribution < 1.29 is 9.18 Å². The van der Waals surface area contributed by atoms with E-state index in [0.717, 1.165) is 15.2 Å². The van der Waals surface area contributed by atoms with Crippen molar-refractivity contribution in [1.29, 1.82) is 0 Å². The predicted octanol–water partition coefficient (Wildman–Crippen LogP) is 4.29. The first-order valence-electron chi connectivity index (χ1n) is 7.06. The van der Waals surface area contributed by atoms with Gasteiger partial charge in [0.15, 0.2) is 0 Å². The Labute approximate surface area is 142 Å². The molecule has 2 aromatic carbocycles. The van der Waals surface area contributed by atoms with E-state index in [1.807, 2.05) is 24.3 Å². The molecule has 0 radical (unpaired) electrons. The molecule has 6 heteroatoms. The minimum Gasteiger partial charge on any atom is -0.339 e. The Kier molecular flexibility index (Phi) is 4.59. The first kappa shape index (κ1) is 15.9. The van der Waals surface area contributed by atoms with Crippen molar-refractivity contribution in [3.05, 3.63) is 63.9 Å². The van der Waals surface area contributed by atoms with Gasteiger partial charge in [0.05, 0.1) is 23.2 Å². The quantitative estimate of drug-likeness (QED) is 0.704. The van der Waals surface area contributed by atoms with Gasteiger partial charge in [-0.05, 0) is 24.3 Å².